The highest BCUT2D eigenvalue weighted by molar-refractivity contribution is 5.64. The van der Waals surface area contributed by atoms with Gasteiger partial charge in [-0.2, -0.15) is 18.4 Å². The van der Waals surface area contributed by atoms with Crippen molar-refractivity contribution in [2.75, 3.05) is 5.32 Å². The predicted octanol–water partition coefficient (Wildman–Crippen LogP) is 4.46. The number of nitrogens with zero attached hydrogens (tertiary/aromatic N) is 1. The molecule has 0 heterocycles. The van der Waals surface area contributed by atoms with Gasteiger partial charge in [0.25, 0.3) is 0 Å². The highest BCUT2D eigenvalue weighted by Gasteiger charge is 2.33. The van der Waals surface area contributed by atoms with E-state index in [2.05, 4.69) is 5.32 Å². The molecule has 1 N–H and O–H groups in total. The van der Waals surface area contributed by atoms with Gasteiger partial charge in [0.2, 0.25) is 0 Å². The van der Waals surface area contributed by atoms with Crippen LogP contribution in [0.3, 0.4) is 0 Å². The zero-order valence-electron chi connectivity index (χ0n) is 10.0. The molecule has 0 aromatic heterocycles. The summed E-state index contributed by atoms with van der Waals surface area (Å²) in [5.74, 6) is -0.790. The maximum absolute atomic E-state index is 13.4. The maximum atomic E-state index is 13.4. The topological polar surface area (TPSA) is 35.8 Å². The van der Waals surface area contributed by atoms with Crippen molar-refractivity contribution in [3.05, 3.63) is 59.4 Å². The first-order valence-corrected chi connectivity index (χ1v) is 5.54. The smallest absolute Gasteiger partial charge is 0.355 e. The van der Waals surface area contributed by atoms with Gasteiger partial charge in [-0.05, 0) is 30.3 Å². The average molecular weight is 280 g/mol. The lowest BCUT2D eigenvalue weighted by atomic mass is 10.1. The SMILES string of the molecule is N#Cc1ccc(Nc2ccccc2C(F)(F)F)cc1F. The monoisotopic (exact) mass is 280 g/mol. The standard InChI is InChI=1S/C14H8F4N2/c15-12-7-10(6-5-9(12)8-19)20-13-4-2-1-3-11(13)14(16,17)18/h1-7,20H. The summed E-state index contributed by atoms with van der Waals surface area (Å²) in [6.07, 6.45) is -4.51. The van der Waals surface area contributed by atoms with Crippen LogP contribution < -0.4 is 5.32 Å². The van der Waals surface area contributed by atoms with Crippen LogP contribution in [0.2, 0.25) is 0 Å². The van der Waals surface area contributed by atoms with Crippen molar-refractivity contribution in [3.63, 3.8) is 0 Å². The van der Waals surface area contributed by atoms with Gasteiger partial charge in [0.05, 0.1) is 16.8 Å². The van der Waals surface area contributed by atoms with Crippen LogP contribution in [0.25, 0.3) is 0 Å². The molecule has 0 bridgehead atoms. The van der Waals surface area contributed by atoms with Crippen LogP contribution in [0.15, 0.2) is 42.5 Å². The van der Waals surface area contributed by atoms with E-state index in [1.165, 1.54) is 30.3 Å². The molecule has 0 amide bonds. The molecule has 0 saturated heterocycles. The summed E-state index contributed by atoms with van der Waals surface area (Å²) in [6, 6.07) is 10.1. The molecule has 0 atom stereocenters. The van der Waals surface area contributed by atoms with Crippen molar-refractivity contribution < 1.29 is 17.6 Å². The van der Waals surface area contributed by atoms with Crippen LogP contribution in [0, 0.1) is 17.1 Å². The lowest BCUT2D eigenvalue weighted by Gasteiger charge is -2.14. The second-order valence-corrected chi connectivity index (χ2v) is 3.97. The lowest BCUT2D eigenvalue weighted by molar-refractivity contribution is -0.136. The van der Waals surface area contributed by atoms with E-state index < -0.39 is 17.6 Å². The number of nitriles is 1. The average Bonchev–Trinajstić information content (AvgIpc) is 2.38. The highest BCUT2D eigenvalue weighted by Crippen LogP contribution is 2.35. The molecule has 2 aromatic carbocycles. The van der Waals surface area contributed by atoms with Gasteiger partial charge >= 0.3 is 6.18 Å². The molecule has 0 radical (unpaired) electrons. The van der Waals surface area contributed by atoms with Gasteiger partial charge in [0, 0.05) is 5.69 Å². The minimum Gasteiger partial charge on any atom is -0.355 e. The number of benzene rings is 2. The molecule has 0 unspecified atom stereocenters. The zero-order chi connectivity index (χ0) is 14.8. The van der Waals surface area contributed by atoms with Crippen molar-refractivity contribution in [3.8, 4) is 6.07 Å². The van der Waals surface area contributed by atoms with Crippen molar-refractivity contribution in [2.45, 2.75) is 6.18 Å². The molecule has 6 heteroatoms. The molecule has 2 nitrogen and oxygen atoms in total. The van der Waals surface area contributed by atoms with Gasteiger partial charge in [0.1, 0.15) is 11.9 Å². The van der Waals surface area contributed by atoms with Crippen molar-refractivity contribution in [2.24, 2.45) is 0 Å². The van der Waals surface area contributed by atoms with Gasteiger partial charge < -0.3 is 5.32 Å². The summed E-state index contributed by atoms with van der Waals surface area (Å²) >= 11 is 0. The second-order valence-electron chi connectivity index (χ2n) is 3.97. The van der Waals surface area contributed by atoms with E-state index in [-0.39, 0.29) is 16.9 Å². The van der Waals surface area contributed by atoms with E-state index in [0.717, 1.165) is 12.1 Å². The Hall–Kier alpha value is -2.55. The summed E-state index contributed by atoms with van der Waals surface area (Å²) in [7, 11) is 0. The Bertz CT molecular complexity index is 672. The Morgan fingerprint density at radius 1 is 1.05 bits per heavy atom. The van der Waals surface area contributed by atoms with Gasteiger partial charge in [-0.3, -0.25) is 0 Å². The molecule has 2 aromatic rings. The summed E-state index contributed by atoms with van der Waals surface area (Å²) < 4.78 is 51.8. The van der Waals surface area contributed by atoms with E-state index in [0.29, 0.717) is 0 Å². The van der Waals surface area contributed by atoms with Gasteiger partial charge in [-0.1, -0.05) is 12.1 Å². The van der Waals surface area contributed by atoms with Crippen LogP contribution in [0.5, 0.6) is 0 Å². The van der Waals surface area contributed by atoms with Crippen molar-refractivity contribution >= 4 is 11.4 Å². The normalized spacial score (nSPS) is 10.9. The number of rotatable bonds is 2. The fourth-order valence-corrected chi connectivity index (χ4v) is 1.68. The number of halogens is 4. The molecule has 0 saturated carbocycles. The Morgan fingerprint density at radius 3 is 2.35 bits per heavy atom. The van der Waals surface area contributed by atoms with Crippen LogP contribution in [0.4, 0.5) is 28.9 Å². The summed E-state index contributed by atoms with van der Waals surface area (Å²) in [5, 5.41) is 11.1. The molecule has 0 aliphatic rings. The Labute approximate surface area is 112 Å². The minimum atomic E-state index is -4.51. The third-order valence-corrected chi connectivity index (χ3v) is 2.60. The van der Waals surface area contributed by atoms with Crippen molar-refractivity contribution in [1.82, 2.24) is 0 Å². The quantitative estimate of drug-likeness (QED) is 0.824. The number of anilines is 2. The number of alkyl halides is 3. The zero-order valence-corrected chi connectivity index (χ0v) is 10.0. The van der Waals surface area contributed by atoms with Crippen LogP contribution in [0.1, 0.15) is 11.1 Å². The third-order valence-electron chi connectivity index (χ3n) is 2.60. The Balaban J connectivity index is 2.36. The Morgan fingerprint density at radius 2 is 1.75 bits per heavy atom. The Kier molecular flexibility index (Phi) is 3.61. The van der Waals surface area contributed by atoms with E-state index in [1.54, 1.807) is 6.07 Å². The molecule has 0 spiro atoms. The largest absolute Gasteiger partial charge is 0.418 e. The molecule has 0 aliphatic carbocycles. The molecule has 102 valence electrons. The molecule has 0 aliphatic heterocycles. The van der Waals surface area contributed by atoms with E-state index >= 15 is 0 Å². The summed E-state index contributed by atoms with van der Waals surface area (Å²) in [6.45, 7) is 0. The molecule has 2 rings (SSSR count). The first kappa shape index (κ1) is 13.9. The van der Waals surface area contributed by atoms with E-state index in [1.807, 2.05) is 0 Å². The maximum Gasteiger partial charge on any atom is 0.418 e. The van der Waals surface area contributed by atoms with E-state index in [9.17, 15) is 17.6 Å². The van der Waals surface area contributed by atoms with Gasteiger partial charge in [-0.15, -0.1) is 0 Å². The molecular weight excluding hydrogens is 272 g/mol. The predicted molar refractivity (Wildman–Crippen MR) is 65.8 cm³/mol. The first-order chi connectivity index (χ1) is 9.41. The van der Waals surface area contributed by atoms with Gasteiger partial charge in [0.15, 0.2) is 0 Å². The van der Waals surface area contributed by atoms with Crippen molar-refractivity contribution in [1.29, 1.82) is 5.26 Å². The second kappa shape index (κ2) is 5.21. The minimum absolute atomic E-state index is 0.137. The fourth-order valence-electron chi connectivity index (χ4n) is 1.68. The van der Waals surface area contributed by atoms with E-state index in [4.69, 9.17) is 5.26 Å². The number of hydrogen-bond acceptors (Lipinski definition) is 2. The molecular formula is C14H8F4N2. The lowest BCUT2D eigenvalue weighted by Crippen LogP contribution is -2.08. The third kappa shape index (κ3) is 2.88. The van der Waals surface area contributed by atoms with Crippen LogP contribution >= 0.6 is 0 Å². The first-order valence-electron chi connectivity index (χ1n) is 5.54. The summed E-state index contributed by atoms with van der Waals surface area (Å²) in [5.41, 5.74) is -1.05. The number of hydrogen-bond donors (Lipinski definition) is 1. The highest BCUT2D eigenvalue weighted by atomic mass is 19.4. The van der Waals surface area contributed by atoms with Crippen LogP contribution in [-0.4, -0.2) is 0 Å². The number of nitrogens with one attached hydrogen (secondary N) is 1. The number of para-hydroxylation sites is 1. The van der Waals surface area contributed by atoms with Crippen LogP contribution in [-0.2, 0) is 6.18 Å². The fraction of sp³-hybridized carbons (Fsp3) is 0.0714. The molecule has 20 heavy (non-hydrogen) atoms. The van der Waals surface area contributed by atoms with Gasteiger partial charge in [-0.25, -0.2) is 4.39 Å². The summed E-state index contributed by atoms with van der Waals surface area (Å²) in [4.78, 5) is 0. The molecule has 0 fully saturated rings.